The normalized spacial score (nSPS) is 15.6. The molecule has 7 heteroatoms. The van der Waals surface area contributed by atoms with Gasteiger partial charge in [0.15, 0.2) is 0 Å². The third kappa shape index (κ3) is 6.38. The van der Waals surface area contributed by atoms with E-state index in [4.69, 9.17) is 4.74 Å². The molecule has 0 bridgehead atoms. The highest BCUT2D eigenvalue weighted by molar-refractivity contribution is 7.09. The van der Waals surface area contributed by atoms with Gasteiger partial charge in [-0.15, -0.1) is 11.3 Å². The van der Waals surface area contributed by atoms with Gasteiger partial charge in [0.25, 0.3) is 5.91 Å². The van der Waals surface area contributed by atoms with Crippen molar-refractivity contribution in [1.82, 2.24) is 10.2 Å². The number of urea groups is 1. The average molecular weight is 478 g/mol. The van der Waals surface area contributed by atoms with Crippen molar-refractivity contribution in [2.75, 3.05) is 31.6 Å². The van der Waals surface area contributed by atoms with Crippen molar-refractivity contribution in [3.05, 3.63) is 82.0 Å². The molecule has 178 valence electrons. The molecule has 2 heterocycles. The molecule has 1 aliphatic heterocycles. The zero-order valence-corrected chi connectivity index (χ0v) is 20.3. The van der Waals surface area contributed by atoms with Crippen LogP contribution in [-0.4, -0.2) is 43.1 Å². The van der Waals surface area contributed by atoms with E-state index in [1.54, 1.807) is 11.3 Å². The van der Waals surface area contributed by atoms with Crippen LogP contribution < -0.4 is 15.4 Å². The molecule has 0 saturated carbocycles. The second kappa shape index (κ2) is 11.7. The van der Waals surface area contributed by atoms with Crippen molar-refractivity contribution in [1.29, 1.82) is 0 Å². The van der Waals surface area contributed by atoms with Crippen molar-refractivity contribution in [2.45, 2.75) is 32.1 Å². The van der Waals surface area contributed by atoms with Gasteiger partial charge >= 0.3 is 6.03 Å². The predicted octanol–water partition coefficient (Wildman–Crippen LogP) is 5.53. The molecule has 1 fully saturated rings. The average Bonchev–Trinajstić information content (AvgIpc) is 3.39. The lowest BCUT2D eigenvalue weighted by Gasteiger charge is -2.33. The minimum absolute atomic E-state index is 0.0562. The van der Waals surface area contributed by atoms with Crippen LogP contribution in [0.5, 0.6) is 5.75 Å². The van der Waals surface area contributed by atoms with Gasteiger partial charge in [-0.1, -0.05) is 18.2 Å². The first kappa shape index (κ1) is 23.8. The summed E-state index contributed by atoms with van der Waals surface area (Å²) in [6.45, 7) is 4.52. The molecule has 6 nitrogen and oxygen atoms in total. The first-order valence-electron chi connectivity index (χ1n) is 11.8. The van der Waals surface area contributed by atoms with E-state index in [-0.39, 0.29) is 17.9 Å². The van der Waals surface area contributed by atoms with E-state index in [2.05, 4.69) is 22.8 Å². The zero-order chi connectivity index (χ0) is 23.8. The molecule has 2 N–H and O–H groups in total. The van der Waals surface area contributed by atoms with Crippen LogP contribution in [0.25, 0.3) is 0 Å². The van der Waals surface area contributed by atoms with Gasteiger partial charge in [0, 0.05) is 41.7 Å². The molecule has 0 spiro atoms. The van der Waals surface area contributed by atoms with Gasteiger partial charge in [-0.2, -0.15) is 0 Å². The Morgan fingerprint density at radius 3 is 2.74 bits per heavy atom. The van der Waals surface area contributed by atoms with Crippen molar-refractivity contribution in [3.8, 4) is 5.75 Å². The zero-order valence-electron chi connectivity index (χ0n) is 19.5. The number of carbonyl (C=O) groups excluding carboxylic acids is 2. The Morgan fingerprint density at radius 1 is 1.12 bits per heavy atom. The van der Waals surface area contributed by atoms with E-state index in [0.29, 0.717) is 25.3 Å². The Balaban J connectivity index is 1.33. The molecular weight excluding hydrogens is 446 g/mol. The molecule has 1 unspecified atom stereocenters. The molecule has 1 atom stereocenters. The van der Waals surface area contributed by atoms with E-state index in [9.17, 15) is 9.59 Å². The molecule has 0 radical (unpaired) electrons. The van der Waals surface area contributed by atoms with Gasteiger partial charge in [0.2, 0.25) is 0 Å². The Kier molecular flexibility index (Phi) is 8.20. The Bertz CT molecular complexity index is 1080. The van der Waals surface area contributed by atoms with Crippen LogP contribution in [0.4, 0.5) is 10.5 Å². The van der Waals surface area contributed by atoms with Crippen LogP contribution in [0, 0.1) is 0 Å². The lowest BCUT2D eigenvalue weighted by Crippen LogP contribution is -2.41. The summed E-state index contributed by atoms with van der Waals surface area (Å²) in [6.07, 6.45) is 2.76. The number of carbonyl (C=O) groups is 2. The first-order valence-corrected chi connectivity index (χ1v) is 12.7. The number of nitrogens with zero attached hydrogens (tertiary/aromatic N) is 1. The van der Waals surface area contributed by atoms with E-state index < -0.39 is 0 Å². The van der Waals surface area contributed by atoms with Crippen LogP contribution in [0.1, 0.15) is 46.5 Å². The van der Waals surface area contributed by atoms with Gasteiger partial charge in [-0.3, -0.25) is 4.79 Å². The van der Waals surface area contributed by atoms with Crippen LogP contribution >= 0.6 is 11.3 Å². The molecule has 34 heavy (non-hydrogen) atoms. The fourth-order valence-electron chi connectivity index (χ4n) is 4.23. The highest BCUT2D eigenvalue weighted by Crippen LogP contribution is 2.28. The van der Waals surface area contributed by atoms with Crippen LogP contribution in [-0.2, 0) is 6.42 Å². The van der Waals surface area contributed by atoms with E-state index in [1.807, 2.05) is 65.7 Å². The predicted molar refractivity (Wildman–Crippen MR) is 137 cm³/mol. The van der Waals surface area contributed by atoms with E-state index >= 15 is 0 Å². The third-order valence-corrected chi connectivity index (χ3v) is 6.92. The number of nitrogens with one attached hydrogen (secondary N) is 2. The number of anilines is 1. The fraction of sp³-hybridized carbons (Fsp3) is 0.333. The summed E-state index contributed by atoms with van der Waals surface area (Å²) in [4.78, 5) is 28.6. The molecule has 3 aromatic rings. The maximum atomic E-state index is 12.9. The molecule has 1 saturated heterocycles. The Hall–Kier alpha value is -3.32. The standard InChI is InChI=1S/C27H31N3O3S/c1-2-33-24-12-10-23(11-13-24)29-27(32)30-16-4-8-22(19-30)20-6-3-7-21(18-20)26(31)28-15-14-25-9-5-17-34-25/h3,5-7,9-13,17-18,22H,2,4,8,14-16,19H2,1H3,(H,28,31)(H,29,32). The van der Waals surface area contributed by atoms with Crippen molar-refractivity contribution in [2.24, 2.45) is 0 Å². The number of hydrogen-bond acceptors (Lipinski definition) is 4. The van der Waals surface area contributed by atoms with Gasteiger partial charge in [-0.05, 0) is 79.6 Å². The van der Waals surface area contributed by atoms with Crippen LogP contribution in [0.2, 0.25) is 0 Å². The monoisotopic (exact) mass is 477 g/mol. The molecule has 2 aromatic carbocycles. The minimum Gasteiger partial charge on any atom is -0.494 e. The summed E-state index contributed by atoms with van der Waals surface area (Å²) in [6, 6.07) is 19.2. The third-order valence-electron chi connectivity index (χ3n) is 5.98. The summed E-state index contributed by atoms with van der Waals surface area (Å²) >= 11 is 1.70. The highest BCUT2D eigenvalue weighted by Gasteiger charge is 2.25. The summed E-state index contributed by atoms with van der Waals surface area (Å²) in [5.41, 5.74) is 2.51. The number of amides is 3. The second-order valence-corrected chi connectivity index (χ2v) is 9.42. The smallest absolute Gasteiger partial charge is 0.321 e. The molecule has 1 aliphatic rings. The SMILES string of the molecule is CCOc1ccc(NC(=O)N2CCCC(c3cccc(C(=O)NCCc4cccs4)c3)C2)cc1. The number of thiophene rings is 1. The van der Waals surface area contributed by atoms with Gasteiger partial charge in [-0.25, -0.2) is 4.79 Å². The number of hydrogen-bond donors (Lipinski definition) is 2. The fourth-order valence-corrected chi connectivity index (χ4v) is 4.94. The quantitative estimate of drug-likeness (QED) is 0.448. The summed E-state index contributed by atoms with van der Waals surface area (Å²) in [5.74, 6) is 0.937. The summed E-state index contributed by atoms with van der Waals surface area (Å²) in [7, 11) is 0. The van der Waals surface area contributed by atoms with E-state index in [0.717, 1.165) is 42.8 Å². The van der Waals surface area contributed by atoms with Crippen molar-refractivity contribution in [3.63, 3.8) is 0 Å². The number of piperidine rings is 1. The lowest BCUT2D eigenvalue weighted by atomic mass is 9.89. The lowest BCUT2D eigenvalue weighted by molar-refractivity contribution is 0.0954. The van der Waals surface area contributed by atoms with Gasteiger partial charge < -0.3 is 20.3 Å². The minimum atomic E-state index is -0.101. The Morgan fingerprint density at radius 2 is 1.97 bits per heavy atom. The van der Waals surface area contributed by atoms with Crippen molar-refractivity contribution < 1.29 is 14.3 Å². The largest absolute Gasteiger partial charge is 0.494 e. The molecular formula is C27H31N3O3S. The van der Waals surface area contributed by atoms with Crippen molar-refractivity contribution >= 4 is 29.0 Å². The number of rotatable bonds is 8. The maximum Gasteiger partial charge on any atom is 0.321 e. The number of ether oxygens (including phenoxy) is 1. The maximum absolute atomic E-state index is 12.9. The second-order valence-electron chi connectivity index (χ2n) is 8.38. The molecule has 1 aromatic heterocycles. The molecule has 3 amide bonds. The van der Waals surface area contributed by atoms with Gasteiger partial charge in [0.05, 0.1) is 6.61 Å². The molecule has 0 aliphatic carbocycles. The summed E-state index contributed by atoms with van der Waals surface area (Å²) < 4.78 is 5.46. The van der Waals surface area contributed by atoms with E-state index in [1.165, 1.54) is 4.88 Å². The Labute approximate surface area is 204 Å². The number of benzene rings is 2. The van der Waals surface area contributed by atoms with Crippen LogP contribution in [0.3, 0.4) is 0 Å². The number of likely N-dealkylation sites (tertiary alicyclic amines) is 1. The molecule has 4 rings (SSSR count). The van der Waals surface area contributed by atoms with Gasteiger partial charge in [0.1, 0.15) is 5.75 Å². The first-order chi connectivity index (χ1) is 16.6. The summed E-state index contributed by atoms with van der Waals surface area (Å²) in [5, 5.41) is 8.05. The topological polar surface area (TPSA) is 70.7 Å². The highest BCUT2D eigenvalue weighted by atomic mass is 32.1. The van der Waals surface area contributed by atoms with Crippen LogP contribution in [0.15, 0.2) is 66.0 Å².